The SMILES string of the molecule is Cc1nn(-c2ccc(N)c3cccnc23)c(C)c1Cl. The highest BCUT2D eigenvalue weighted by Gasteiger charge is 2.14. The standard InChI is InChI=1S/C14H13ClN4/c1-8-13(15)9(2)19(18-8)12-6-5-11(16)10-4-3-7-17-14(10)12/h3-7H,16H2,1-2H3. The first-order chi connectivity index (χ1) is 9.09. The van der Waals surface area contributed by atoms with E-state index in [1.807, 2.05) is 42.8 Å². The maximum absolute atomic E-state index is 6.20. The first-order valence-corrected chi connectivity index (χ1v) is 6.32. The molecule has 0 spiro atoms. The van der Waals surface area contributed by atoms with Gasteiger partial charge in [0.15, 0.2) is 0 Å². The Balaban J connectivity index is 2.37. The van der Waals surface area contributed by atoms with Crippen LogP contribution in [0.4, 0.5) is 5.69 Å². The Morgan fingerprint density at radius 1 is 1.21 bits per heavy atom. The van der Waals surface area contributed by atoms with Crippen molar-refractivity contribution in [1.29, 1.82) is 0 Å². The van der Waals surface area contributed by atoms with Crippen LogP contribution in [0, 0.1) is 13.8 Å². The third kappa shape index (κ3) is 1.76. The molecule has 4 nitrogen and oxygen atoms in total. The second-order valence-electron chi connectivity index (χ2n) is 4.47. The molecule has 0 bridgehead atoms. The summed E-state index contributed by atoms with van der Waals surface area (Å²) in [5.74, 6) is 0. The number of hydrogen-bond acceptors (Lipinski definition) is 3. The number of anilines is 1. The molecule has 0 aliphatic carbocycles. The van der Waals surface area contributed by atoms with E-state index in [1.165, 1.54) is 0 Å². The normalized spacial score (nSPS) is 11.1. The number of rotatable bonds is 1. The van der Waals surface area contributed by atoms with Crippen LogP contribution in [0.25, 0.3) is 16.6 Å². The molecule has 0 saturated heterocycles. The third-order valence-corrected chi connectivity index (χ3v) is 3.76. The molecule has 3 aromatic rings. The van der Waals surface area contributed by atoms with E-state index in [9.17, 15) is 0 Å². The summed E-state index contributed by atoms with van der Waals surface area (Å²) in [7, 11) is 0. The largest absolute Gasteiger partial charge is 0.398 e. The minimum atomic E-state index is 0.681. The van der Waals surface area contributed by atoms with Crippen molar-refractivity contribution in [3.8, 4) is 5.69 Å². The van der Waals surface area contributed by atoms with Crippen LogP contribution in [-0.2, 0) is 0 Å². The summed E-state index contributed by atoms with van der Waals surface area (Å²) in [6, 6.07) is 7.61. The molecule has 1 aromatic carbocycles. The number of nitrogen functional groups attached to an aromatic ring is 1. The molecule has 2 heterocycles. The molecule has 2 N–H and O–H groups in total. The van der Waals surface area contributed by atoms with Gasteiger partial charge in [0, 0.05) is 17.3 Å². The number of nitrogens with two attached hydrogens (primary N) is 1. The zero-order chi connectivity index (χ0) is 13.6. The number of aromatic nitrogens is 3. The Bertz CT molecular complexity index is 776. The number of pyridine rings is 1. The predicted octanol–water partition coefficient (Wildman–Crippen LogP) is 3.27. The van der Waals surface area contributed by atoms with Crippen molar-refractivity contribution >= 4 is 28.2 Å². The van der Waals surface area contributed by atoms with Crippen molar-refractivity contribution < 1.29 is 0 Å². The van der Waals surface area contributed by atoms with Gasteiger partial charge >= 0.3 is 0 Å². The summed E-state index contributed by atoms with van der Waals surface area (Å²) in [6.07, 6.45) is 1.75. The number of halogens is 1. The minimum absolute atomic E-state index is 0.681. The van der Waals surface area contributed by atoms with E-state index in [0.717, 1.165) is 28.0 Å². The molecule has 96 valence electrons. The van der Waals surface area contributed by atoms with E-state index in [0.29, 0.717) is 10.7 Å². The van der Waals surface area contributed by atoms with Gasteiger partial charge in [-0.3, -0.25) is 4.98 Å². The maximum Gasteiger partial charge on any atom is 0.0979 e. The van der Waals surface area contributed by atoms with Crippen LogP contribution in [0.3, 0.4) is 0 Å². The van der Waals surface area contributed by atoms with Crippen molar-refractivity contribution in [2.24, 2.45) is 0 Å². The van der Waals surface area contributed by atoms with E-state index in [-0.39, 0.29) is 0 Å². The Morgan fingerprint density at radius 2 is 2.00 bits per heavy atom. The number of benzene rings is 1. The molecule has 5 heteroatoms. The number of aryl methyl sites for hydroxylation is 1. The molecule has 0 aliphatic rings. The zero-order valence-corrected chi connectivity index (χ0v) is 11.4. The molecule has 0 atom stereocenters. The van der Waals surface area contributed by atoms with E-state index in [4.69, 9.17) is 17.3 Å². The lowest BCUT2D eigenvalue weighted by Gasteiger charge is -2.09. The molecular weight excluding hydrogens is 260 g/mol. The number of hydrogen-bond donors (Lipinski definition) is 1. The van der Waals surface area contributed by atoms with E-state index in [1.54, 1.807) is 6.20 Å². The molecule has 19 heavy (non-hydrogen) atoms. The van der Waals surface area contributed by atoms with Crippen LogP contribution < -0.4 is 5.73 Å². The van der Waals surface area contributed by atoms with Gasteiger partial charge in [-0.1, -0.05) is 11.6 Å². The van der Waals surface area contributed by atoms with Crippen LogP contribution >= 0.6 is 11.6 Å². The van der Waals surface area contributed by atoms with Crippen LogP contribution in [0.5, 0.6) is 0 Å². The second-order valence-corrected chi connectivity index (χ2v) is 4.85. The summed E-state index contributed by atoms with van der Waals surface area (Å²) in [5.41, 5.74) is 10.1. The second kappa shape index (κ2) is 4.24. The van der Waals surface area contributed by atoms with Crippen LogP contribution in [-0.4, -0.2) is 14.8 Å². The predicted molar refractivity (Wildman–Crippen MR) is 77.8 cm³/mol. The zero-order valence-electron chi connectivity index (χ0n) is 10.7. The van der Waals surface area contributed by atoms with Crippen molar-refractivity contribution in [1.82, 2.24) is 14.8 Å². The average Bonchev–Trinajstić information content (AvgIpc) is 2.67. The van der Waals surface area contributed by atoms with Crippen molar-refractivity contribution in [3.63, 3.8) is 0 Å². The third-order valence-electron chi connectivity index (χ3n) is 3.21. The van der Waals surface area contributed by atoms with Gasteiger partial charge in [-0.15, -0.1) is 0 Å². The Labute approximate surface area is 115 Å². The van der Waals surface area contributed by atoms with Gasteiger partial charge in [0.2, 0.25) is 0 Å². The molecular formula is C14H13ClN4. The fourth-order valence-corrected chi connectivity index (χ4v) is 2.33. The van der Waals surface area contributed by atoms with Gasteiger partial charge in [0.25, 0.3) is 0 Å². The molecule has 0 fully saturated rings. The van der Waals surface area contributed by atoms with Gasteiger partial charge in [0.05, 0.1) is 27.6 Å². The lowest BCUT2D eigenvalue weighted by Crippen LogP contribution is -2.02. The molecule has 0 radical (unpaired) electrons. The smallest absolute Gasteiger partial charge is 0.0979 e. The molecule has 2 aromatic heterocycles. The van der Waals surface area contributed by atoms with Gasteiger partial charge in [0.1, 0.15) is 0 Å². The van der Waals surface area contributed by atoms with Gasteiger partial charge in [-0.25, -0.2) is 4.68 Å². The van der Waals surface area contributed by atoms with Gasteiger partial charge in [-0.2, -0.15) is 5.10 Å². The lowest BCUT2D eigenvalue weighted by atomic mass is 10.1. The Morgan fingerprint density at radius 3 is 2.68 bits per heavy atom. The van der Waals surface area contributed by atoms with Gasteiger partial charge < -0.3 is 5.73 Å². The van der Waals surface area contributed by atoms with Crippen molar-refractivity contribution in [2.45, 2.75) is 13.8 Å². The van der Waals surface area contributed by atoms with E-state index >= 15 is 0 Å². The highest BCUT2D eigenvalue weighted by Crippen LogP contribution is 2.28. The quantitative estimate of drug-likeness (QED) is 0.692. The minimum Gasteiger partial charge on any atom is -0.398 e. The molecule has 0 unspecified atom stereocenters. The van der Waals surface area contributed by atoms with Crippen LogP contribution in [0.2, 0.25) is 5.02 Å². The van der Waals surface area contributed by atoms with Crippen molar-refractivity contribution in [3.05, 3.63) is 46.9 Å². The highest BCUT2D eigenvalue weighted by atomic mass is 35.5. The molecule has 0 aliphatic heterocycles. The monoisotopic (exact) mass is 272 g/mol. The van der Waals surface area contributed by atoms with E-state index < -0.39 is 0 Å². The Hall–Kier alpha value is -2.07. The summed E-state index contributed by atoms with van der Waals surface area (Å²) >= 11 is 6.20. The van der Waals surface area contributed by atoms with Gasteiger partial charge in [-0.05, 0) is 38.1 Å². The molecule has 3 rings (SSSR count). The summed E-state index contributed by atoms with van der Waals surface area (Å²) in [4.78, 5) is 4.41. The van der Waals surface area contributed by atoms with E-state index in [2.05, 4.69) is 10.1 Å². The first-order valence-electron chi connectivity index (χ1n) is 5.95. The molecule has 0 amide bonds. The summed E-state index contributed by atoms with van der Waals surface area (Å²) in [6.45, 7) is 3.83. The lowest BCUT2D eigenvalue weighted by molar-refractivity contribution is 0.838. The highest BCUT2D eigenvalue weighted by molar-refractivity contribution is 6.31. The summed E-state index contributed by atoms with van der Waals surface area (Å²) in [5, 5.41) is 6.07. The summed E-state index contributed by atoms with van der Waals surface area (Å²) < 4.78 is 1.81. The number of fused-ring (bicyclic) bond motifs is 1. The van der Waals surface area contributed by atoms with Crippen molar-refractivity contribution in [2.75, 3.05) is 5.73 Å². The Kier molecular flexibility index (Phi) is 2.68. The topological polar surface area (TPSA) is 56.7 Å². The van der Waals surface area contributed by atoms with Crippen LogP contribution in [0.15, 0.2) is 30.5 Å². The maximum atomic E-state index is 6.20. The first kappa shape index (κ1) is 12.0. The fourth-order valence-electron chi connectivity index (χ4n) is 2.21. The molecule has 0 saturated carbocycles. The fraction of sp³-hybridized carbons (Fsp3) is 0.143. The number of nitrogens with zero attached hydrogens (tertiary/aromatic N) is 3. The van der Waals surface area contributed by atoms with Crippen LogP contribution in [0.1, 0.15) is 11.4 Å². The average molecular weight is 273 g/mol.